The average molecular weight is 262 g/mol. The lowest BCUT2D eigenvalue weighted by atomic mass is 9.52. The van der Waals surface area contributed by atoms with Crippen LogP contribution < -0.4 is 5.32 Å². The molecule has 5 rings (SSSR count). The molecule has 19 heavy (non-hydrogen) atoms. The van der Waals surface area contributed by atoms with Crippen LogP contribution in [0.5, 0.6) is 0 Å². The van der Waals surface area contributed by atoms with Crippen molar-refractivity contribution in [2.24, 2.45) is 23.7 Å². The first-order chi connectivity index (χ1) is 9.23. The lowest BCUT2D eigenvalue weighted by Gasteiger charge is -2.61. The Morgan fingerprint density at radius 3 is 2.26 bits per heavy atom. The Kier molecular flexibility index (Phi) is 3.15. The van der Waals surface area contributed by atoms with Gasteiger partial charge in [-0.25, -0.2) is 0 Å². The third kappa shape index (κ3) is 2.25. The van der Waals surface area contributed by atoms with Crippen LogP contribution in [0.15, 0.2) is 0 Å². The molecule has 0 amide bonds. The second kappa shape index (κ2) is 4.73. The predicted molar refractivity (Wildman–Crippen MR) is 79.1 cm³/mol. The van der Waals surface area contributed by atoms with Crippen molar-refractivity contribution in [2.75, 3.05) is 26.2 Å². The Bertz CT molecular complexity index is 303. The van der Waals surface area contributed by atoms with Gasteiger partial charge in [0.05, 0.1) is 0 Å². The fourth-order valence-electron chi connectivity index (χ4n) is 6.16. The minimum atomic E-state index is 0.639. The Morgan fingerprint density at radius 1 is 1.00 bits per heavy atom. The van der Waals surface area contributed by atoms with Gasteiger partial charge in [-0.2, -0.15) is 0 Å². The van der Waals surface area contributed by atoms with Gasteiger partial charge >= 0.3 is 0 Å². The maximum Gasteiger partial charge on any atom is 0.0217 e. The van der Waals surface area contributed by atoms with Gasteiger partial charge in [0.15, 0.2) is 0 Å². The lowest BCUT2D eigenvalue weighted by Crippen LogP contribution is -2.61. The van der Waals surface area contributed by atoms with Crippen LogP contribution in [0.4, 0.5) is 0 Å². The molecule has 5 fully saturated rings. The first kappa shape index (κ1) is 12.6. The topological polar surface area (TPSA) is 15.3 Å². The molecule has 0 spiro atoms. The summed E-state index contributed by atoms with van der Waals surface area (Å²) in [6, 6.07) is 0. The first-order valence-electron chi connectivity index (χ1n) is 8.69. The van der Waals surface area contributed by atoms with Gasteiger partial charge < -0.3 is 5.32 Å². The van der Waals surface area contributed by atoms with E-state index in [1.807, 2.05) is 0 Å². The lowest BCUT2D eigenvalue weighted by molar-refractivity contribution is -0.0941. The predicted octanol–water partition coefficient (Wildman–Crippen LogP) is 2.89. The Balaban J connectivity index is 1.55. The summed E-state index contributed by atoms with van der Waals surface area (Å²) in [6.07, 6.45) is 10.7. The van der Waals surface area contributed by atoms with E-state index in [1.165, 1.54) is 32.6 Å². The molecule has 4 aliphatic carbocycles. The van der Waals surface area contributed by atoms with E-state index in [0.29, 0.717) is 5.54 Å². The molecular formula is C17H30N2. The van der Waals surface area contributed by atoms with E-state index in [4.69, 9.17) is 0 Å². The normalized spacial score (nSPS) is 51.0. The highest BCUT2D eigenvalue weighted by molar-refractivity contribution is 5.07. The largest absolute Gasteiger partial charge is 0.316 e. The van der Waals surface area contributed by atoms with Gasteiger partial charge in [-0.1, -0.05) is 6.92 Å². The van der Waals surface area contributed by atoms with E-state index in [9.17, 15) is 0 Å². The van der Waals surface area contributed by atoms with E-state index in [2.05, 4.69) is 17.1 Å². The third-order valence-corrected chi connectivity index (χ3v) is 6.48. The SMILES string of the molecule is CC1CNCCCN(C23CC4CC(CC(C4)C2)C3)C1. The maximum absolute atomic E-state index is 3.60. The molecule has 4 saturated carbocycles. The van der Waals surface area contributed by atoms with Crippen LogP contribution in [-0.4, -0.2) is 36.6 Å². The third-order valence-electron chi connectivity index (χ3n) is 6.48. The summed E-state index contributed by atoms with van der Waals surface area (Å²) in [4.78, 5) is 2.96. The highest BCUT2D eigenvalue weighted by Gasteiger charge is 2.53. The van der Waals surface area contributed by atoms with E-state index < -0.39 is 0 Å². The van der Waals surface area contributed by atoms with E-state index in [-0.39, 0.29) is 0 Å². The van der Waals surface area contributed by atoms with Crippen LogP contribution in [0.1, 0.15) is 51.9 Å². The van der Waals surface area contributed by atoms with Crippen molar-refractivity contribution >= 4 is 0 Å². The molecule has 2 nitrogen and oxygen atoms in total. The summed E-state index contributed by atoms with van der Waals surface area (Å²) in [7, 11) is 0. The minimum absolute atomic E-state index is 0.639. The van der Waals surface area contributed by atoms with E-state index >= 15 is 0 Å². The van der Waals surface area contributed by atoms with Gasteiger partial charge in [-0.05, 0) is 88.3 Å². The van der Waals surface area contributed by atoms with Crippen molar-refractivity contribution in [3.8, 4) is 0 Å². The molecule has 0 aromatic rings. The monoisotopic (exact) mass is 262 g/mol. The molecule has 1 atom stereocenters. The number of nitrogens with one attached hydrogen (secondary N) is 1. The zero-order valence-corrected chi connectivity index (χ0v) is 12.5. The Morgan fingerprint density at radius 2 is 1.63 bits per heavy atom. The summed E-state index contributed by atoms with van der Waals surface area (Å²) in [6.45, 7) is 7.59. The fourth-order valence-corrected chi connectivity index (χ4v) is 6.16. The van der Waals surface area contributed by atoms with Gasteiger partial charge in [0.25, 0.3) is 0 Å². The molecule has 1 unspecified atom stereocenters. The zero-order valence-electron chi connectivity index (χ0n) is 12.5. The number of hydrogen-bond donors (Lipinski definition) is 1. The Hall–Kier alpha value is -0.0800. The molecule has 108 valence electrons. The van der Waals surface area contributed by atoms with Gasteiger partial charge in [0, 0.05) is 12.1 Å². The van der Waals surface area contributed by atoms with Crippen LogP contribution in [0, 0.1) is 23.7 Å². The number of nitrogens with zero attached hydrogens (tertiary/aromatic N) is 1. The van der Waals surface area contributed by atoms with Crippen molar-refractivity contribution in [3.05, 3.63) is 0 Å². The molecule has 1 N–H and O–H groups in total. The molecule has 0 radical (unpaired) electrons. The number of hydrogen-bond acceptors (Lipinski definition) is 2. The van der Waals surface area contributed by atoms with Crippen LogP contribution in [0.3, 0.4) is 0 Å². The quantitative estimate of drug-likeness (QED) is 0.782. The average Bonchev–Trinajstić information content (AvgIpc) is 2.31. The van der Waals surface area contributed by atoms with E-state index in [1.54, 1.807) is 38.5 Å². The van der Waals surface area contributed by atoms with Crippen molar-refractivity contribution in [2.45, 2.75) is 57.4 Å². The molecule has 5 aliphatic rings. The summed E-state index contributed by atoms with van der Waals surface area (Å²) >= 11 is 0. The molecule has 2 heteroatoms. The highest BCUT2D eigenvalue weighted by atomic mass is 15.2. The first-order valence-corrected chi connectivity index (χ1v) is 8.69. The highest BCUT2D eigenvalue weighted by Crippen LogP contribution is 2.57. The molecule has 1 heterocycles. The maximum atomic E-state index is 3.60. The summed E-state index contributed by atoms with van der Waals surface area (Å²) in [5, 5.41) is 3.60. The van der Waals surface area contributed by atoms with Gasteiger partial charge in [-0.15, -0.1) is 0 Å². The second-order valence-corrected chi connectivity index (χ2v) is 8.25. The molecule has 0 aromatic heterocycles. The molecule has 1 aliphatic heterocycles. The molecule has 0 aromatic carbocycles. The standard InChI is InChI=1S/C17H30N2/c1-13-11-18-3-2-4-19(12-13)17-8-14-5-15(9-17)7-16(6-14)10-17/h13-16,18H,2-12H2,1H3. The van der Waals surface area contributed by atoms with Gasteiger partial charge in [0.1, 0.15) is 0 Å². The molecule has 1 saturated heterocycles. The minimum Gasteiger partial charge on any atom is -0.316 e. The van der Waals surface area contributed by atoms with Crippen molar-refractivity contribution in [1.82, 2.24) is 10.2 Å². The van der Waals surface area contributed by atoms with Crippen LogP contribution >= 0.6 is 0 Å². The summed E-state index contributed by atoms with van der Waals surface area (Å²) in [5.74, 6) is 4.09. The Labute approximate surface area is 118 Å². The number of rotatable bonds is 1. The molecular weight excluding hydrogens is 232 g/mol. The van der Waals surface area contributed by atoms with Crippen LogP contribution in [-0.2, 0) is 0 Å². The van der Waals surface area contributed by atoms with Crippen molar-refractivity contribution in [3.63, 3.8) is 0 Å². The smallest absolute Gasteiger partial charge is 0.0217 e. The molecule has 4 bridgehead atoms. The summed E-state index contributed by atoms with van der Waals surface area (Å²) in [5.41, 5.74) is 0.639. The van der Waals surface area contributed by atoms with Gasteiger partial charge in [-0.3, -0.25) is 4.90 Å². The van der Waals surface area contributed by atoms with E-state index in [0.717, 1.165) is 23.7 Å². The second-order valence-electron chi connectivity index (χ2n) is 8.25. The zero-order chi connectivity index (χ0) is 12.9. The van der Waals surface area contributed by atoms with Crippen molar-refractivity contribution < 1.29 is 0 Å². The fraction of sp³-hybridized carbons (Fsp3) is 1.00. The van der Waals surface area contributed by atoms with Gasteiger partial charge in [0.2, 0.25) is 0 Å². The van der Waals surface area contributed by atoms with Crippen LogP contribution in [0.25, 0.3) is 0 Å². The summed E-state index contributed by atoms with van der Waals surface area (Å²) < 4.78 is 0. The van der Waals surface area contributed by atoms with Crippen molar-refractivity contribution in [1.29, 1.82) is 0 Å². The van der Waals surface area contributed by atoms with Crippen LogP contribution in [0.2, 0.25) is 0 Å².